The molecule has 0 spiro atoms. The van der Waals surface area contributed by atoms with Crippen LogP contribution in [0.2, 0.25) is 0 Å². The lowest BCUT2D eigenvalue weighted by molar-refractivity contribution is -0.147. The zero-order valence-electron chi connectivity index (χ0n) is 10.9. The second-order valence-corrected chi connectivity index (χ2v) is 5.75. The molecule has 1 atom stereocenters. The van der Waals surface area contributed by atoms with E-state index in [2.05, 4.69) is 20.8 Å². The third kappa shape index (κ3) is 3.76. The molecule has 0 aromatic heterocycles. The summed E-state index contributed by atoms with van der Waals surface area (Å²) >= 11 is 3.24. The first-order valence-corrected chi connectivity index (χ1v) is 7.13. The van der Waals surface area contributed by atoms with Crippen LogP contribution in [0.1, 0.15) is 18.4 Å². The van der Waals surface area contributed by atoms with Crippen LogP contribution < -0.4 is 0 Å². The topological polar surface area (TPSA) is 29.5 Å². The van der Waals surface area contributed by atoms with E-state index < -0.39 is 0 Å². The molecule has 1 fully saturated rings. The number of nitrogens with zero attached hydrogens (tertiary/aromatic N) is 1. The molecule has 1 aliphatic rings. The van der Waals surface area contributed by atoms with Crippen LogP contribution in [-0.4, -0.2) is 31.1 Å². The molecule has 1 aliphatic heterocycles. The highest BCUT2D eigenvalue weighted by molar-refractivity contribution is 9.10. The molecule has 0 aliphatic carbocycles. The van der Waals surface area contributed by atoms with Crippen LogP contribution in [0.25, 0.3) is 0 Å². The fraction of sp³-hybridized carbons (Fsp3) is 0.500. The van der Waals surface area contributed by atoms with Crippen molar-refractivity contribution in [2.75, 3.05) is 20.2 Å². The highest BCUT2D eigenvalue weighted by atomic mass is 79.9. The lowest BCUT2D eigenvalue weighted by Gasteiger charge is -2.31. The number of esters is 1. The average Bonchev–Trinajstić information content (AvgIpc) is 2.41. The van der Waals surface area contributed by atoms with E-state index in [1.807, 2.05) is 6.07 Å². The van der Waals surface area contributed by atoms with Gasteiger partial charge in [0.25, 0.3) is 0 Å². The van der Waals surface area contributed by atoms with Crippen LogP contribution in [0.15, 0.2) is 22.7 Å². The summed E-state index contributed by atoms with van der Waals surface area (Å²) in [7, 11) is 1.41. The minimum Gasteiger partial charge on any atom is -0.469 e. The number of carbonyl (C=O) groups excluding carboxylic acids is 1. The van der Waals surface area contributed by atoms with Gasteiger partial charge in [0.2, 0.25) is 0 Å². The number of rotatable bonds is 3. The van der Waals surface area contributed by atoms with Gasteiger partial charge in [-0.3, -0.25) is 9.69 Å². The van der Waals surface area contributed by atoms with E-state index in [4.69, 9.17) is 4.74 Å². The smallest absolute Gasteiger partial charge is 0.309 e. The molecule has 3 nitrogen and oxygen atoms in total. The molecule has 1 heterocycles. The van der Waals surface area contributed by atoms with Crippen molar-refractivity contribution in [2.45, 2.75) is 19.4 Å². The maximum atomic E-state index is 13.8. The quantitative estimate of drug-likeness (QED) is 0.798. The average molecular weight is 330 g/mol. The molecule has 0 amide bonds. The van der Waals surface area contributed by atoms with Gasteiger partial charge in [-0.15, -0.1) is 0 Å². The Bertz CT molecular complexity index is 467. The van der Waals surface area contributed by atoms with Crippen LogP contribution in [-0.2, 0) is 16.1 Å². The van der Waals surface area contributed by atoms with Gasteiger partial charge >= 0.3 is 5.97 Å². The fourth-order valence-electron chi connectivity index (χ4n) is 2.45. The summed E-state index contributed by atoms with van der Waals surface area (Å²) in [4.78, 5) is 13.7. The maximum Gasteiger partial charge on any atom is 0.309 e. The van der Waals surface area contributed by atoms with Crippen molar-refractivity contribution < 1.29 is 13.9 Å². The molecule has 2 rings (SSSR count). The predicted molar refractivity (Wildman–Crippen MR) is 74.1 cm³/mol. The number of hydrogen-bond acceptors (Lipinski definition) is 3. The normalized spacial score (nSPS) is 20.3. The van der Waals surface area contributed by atoms with Crippen LogP contribution in [0, 0.1) is 11.7 Å². The number of hydrogen-bond donors (Lipinski definition) is 0. The molecule has 1 aromatic rings. The highest BCUT2D eigenvalue weighted by Gasteiger charge is 2.26. The Morgan fingerprint density at radius 3 is 3.05 bits per heavy atom. The monoisotopic (exact) mass is 329 g/mol. The molecule has 1 aromatic carbocycles. The van der Waals surface area contributed by atoms with Gasteiger partial charge in [0.15, 0.2) is 0 Å². The van der Waals surface area contributed by atoms with Crippen molar-refractivity contribution >= 4 is 21.9 Å². The van der Waals surface area contributed by atoms with E-state index in [0.717, 1.165) is 23.9 Å². The number of halogens is 2. The molecule has 1 saturated heterocycles. The van der Waals surface area contributed by atoms with E-state index in [1.54, 1.807) is 6.07 Å². The van der Waals surface area contributed by atoms with Crippen molar-refractivity contribution in [1.82, 2.24) is 4.90 Å². The molecular weight excluding hydrogens is 313 g/mol. The summed E-state index contributed by atoms with van der Waals surface area (Å²) in [5, 5.41) is 0. The van der Waals surface area contributed by atoms with E-state index in [0.29, 0.717) is 18.7 Å². The van der Waals surface area contributed by atoms with Crippen molar-refractivity contribution in [3.05, 3.63) is 34.1 Å². The van der Waals surface area contributed by atoms with Gasteiger partial charge in [-0.05, 0) is 31.5 Å². The van der Waals surface area contributed by atoms with E-state index in [-0.39, 0.29) is 17.7 Å². The Hall–Kier alpha value is -0.940. The van der Waals surface area contributed by atoms with Gasteiger partial charge in [0.1, 0.15) is 5.82 Å². The first kappa shape index (κ1) is 14.5. The largest absolute Gasteiger partial charge is 0.469 e. The molecule has 104 valence electrons. The van der Waals surface area contributed by atoms with Gasteiger partial charge in [0.05, 0.1) is 13.0 Å². The van der Waals surface area contributed by atoms with Crippen molar-refractivity contribution in [3.8, 4) is 0 Å². The van der Waals surface area contributed by atoms with Crippen molar-refractivity contribution in [1.29, 1.82) is 0 Å². The Labute approximate surface area is 120 Å². The molecule has 5 heteroatoms. The van der Waals surface area contributed by atoms with Crippen molar-refractivity contribution in [2.24, 2.45) is 5.92 Å². The summed E-state index contributed by atoms with van der Waals surface area (Å²) in [6.07, 6.45) is 1.80. The van der Waals surface area contributed by atoms with E-state index >= 15 is 0 Å². The Kier molecular flexibility index (Phi) is 4.93. The minimum absolute atomic E-state index is 0.0859. The number of likely N-dealkylation sites (tertiary alicyclic amines) is 1. The maximum absolute atomic E-state index is 13.8. The fourth-order valence-corrected chi connectivity index (χ4v) is 2.78. The van der Waals surface area contributed by atoms with E-state index in [1.165, 1.54) is 13.2 Å². The van der Waals surface area contributed by atoms with E-state index in [9.17, 15) is 9.18 Å². The highest BCUT2D eigenvalue weighted by Crippen LogP contribution is 2.22. The minimum atomic E-state index is -0.213. The number of carbonyl (C=O) groups is 1. The SMILES string of the molecule is COC(=O)C1CCCN(Cc2ccc(Br)cc2F)C1. The van der Waals surface area contributed by atoms with Crippen LogP contribution in [0.5, 0.6) is 0 Å². The summed E-state index contributed by atoms with van der Waals surface area (Å²) in [5.74, 6) is -0.465. The molecular formula is C14H17BrFNO2. The molecule has 1 unspecified atom stereocenters. The van der Waals surface area contributed by atoms with Crippen molar-refractivity contribution in [3.63, 3.8) is 0 Å². The molecule has 0 N–H and O–H groups in total. The molecule has 0 saturated carbocycles. The third-order valence-electron chi connectivity index (χ3n) is 3.45. The van der Waals surface area contributed by atoms with Crippen LogP contribution in [0.3, 0.4) is 0 Å². The lowest BCUT2D eigenvalue weighted by atomic mass is 9.98. The van der Waals surface area contributed by atoms with Crippen LogP contribution in [0.4, 0.5) is 4.39 Å². The second-order valence-electron chi connectivity index (χ2n) is 4.83. The number of methoxy groups -OCH3 is 1. The number of benzene rings is 1. The second kappa shape index (κ2) is 6.48. The zero-order chi connectivity index (χ0) is 13.8. The van der Waals surface area contributed by atoms with Gasteiger partial charge in [-0.2, -0.15) is 0 Å². The third-order valence-corrected chi connectivity index (χ3v) is 3.94. The Balaban J connectivity index is 2.00. The van der Waals surface area contributed by atoms with Gasteiger partial charge in [-0.25, -0.2) is 4.39 Å². The standard InChI is InChI=1S/C14H17BrFNO2/c1-19-14(18)11-3-2-6-17(9-11)8-10-4-5-12(15)7-13(10)16/h4-5,7,11H,2-3,6,8-9H2,1H3. The van der Waals surface area contributed by atoms with Crippen LogP contribution >= 0.6 is 15.9 Å². The lowest BCUT2D eigenvalue weighted by Crippen LogP contribution is -2.38. The summed E-state index contributed by atoms with van der Waals surface area (Å²) in [5.41, 5.74) is 0.661. The summed E-state index contributed by atoms with van der Waals surface area (Å²) in [6.45, 7) is 2.07. The molecule has 0 bridgehead atoms. The molecule has 19 heavy (non-hydrogen) atoms. The van der Waals surface area contributed by atoms with Gasteiger partial charge in [0, 0.05) is 23.1 Å². The zero-order valence-corrected chi connectivity index (χ0v) is 12.5. The summed E-state index contributed by atoms with van der Waals surface area (Å²) in [6, 6.07) is 5.08. The number of piperidine rings is 1. The first-order valence-electron chi connectivity index (χ1n) is 6.34. The van der Waals surface area contributed by atoms with Gasteiger partial charge < -0.3 is 4.74 Å². The predicted octanol–water partition coefficient (Wildman–Crippen LogP) is 2.97. The Morgan fingerprint density at radius 1 is 1.58 bits per heavy atom. The number of ether oxygens (including phenoxy) is 1. The van der Waals surface area contributed by atoms with Gasteiger partial charge in [-0.1, -0.05) is 22.0 Å². The Morgan fingerprint density at radius 2 is 2.37 bits per heavy atom. The molecule has 0 radical (unpaired) electrons. The summed E-state index contributed by atoms with van der Waals surface area (Å²) < 4.78 is 19.3. The first-order chi connectivity index (χ1) is 9.10.